The molecule has 0 bridgehead atoms. The van der Waals surface area contributed by atoms with Gasteiger partial charge in [-0.3, -0.25) is 10.1 Å². The summed E-state index contributed by atoms with van der Waals surface area (Å²) in [5.74, 6) is 0. The monoisotopic (exact) mass is 312 g/mol. The van der Waals surface area contributed by atoms with E-state index in [9.17, 15) is 10.1 Å². The maximum absolute atomic E-state index is 11.2. The van der Waals surface area contributed by atoms with E-state index >= 15 is 0 Å². The molecule has 1 aliphatic rings. The summed E-state index contributed by atoms with van der Waals surface area (Å²) in [7, 11) is 0. The fourth-order valence-electron chi connectivity index (χ4n) is 2.96. The molecule has 5 heteroatoms. The van der Waals surface area contributed by atoms with Crippen molar-refractivity contribution in [3.05, 3.63) is 69.8 Å². The lowest BCUT2D eigenvalue weighted by atomic mass is 9.97. The van der Waals surface area contributed by atoms with Crippen molar-refractivity contribution in [2.24, 2.45) is 0 Å². The van der Waals surface area contributed by atoms with Gasteiger partial charge in [0, 0.05) is 18.7 Å². The van der Waals surface area contributed by atoms with E-state index in [0.717, 1.165) is 24.0 Å². The number of rotatable bonds is 4. The third-order valence-electron chi connectivity index (χ3n) is 4.16. The number of nitrogens with zero attached hydrogens (tertiary/aromatic N) is 1. The largest absolute Gasteiger partial charge is 0.377 e. The summed E-state index contributed by atoms with van der Waals surface area (Å²) >= 11 is 0. The Kier molecular flexibility index (Phi) is 4.57. The van der Waals surface area contributed by atoms with Gasteiger partial charge in [0.2, 0.25) is 0 Å². The van der Waals surface area contributed by atoms with Crippen molar-refractivity contribution in [2.45, 2.75) is 31.9 Å². The molecule has 23 heavy (non-hydrogen) atoms. The van der Waals surface area contributed by atoms with Gasteiger partial charge in [0.25, 0.3) is 5.69 Å². The van der Waals surface area contributed by atoms with Crippen LogP contribution in [0.15, 0.2) is 48.5 Å². The Morgan fingerprint density at radius 2 is 2.00 bits per heavy atom. The number of anilines is 1. The second kappa shape index (κ2) is 6.79. The molecule has 0 aromatic heterocycles. The summed E-state index contributed by atoms with van der Waals surface area (Å²) < 4.78 is 5.85. The third kappa shape index (κ3) is 3.68. The van der Waals surface area contributed by atoms with Crippen molar-refractivity contribution in [3.8, 4) is 0 Å². The number of aryl methyl sites for hydroxylation is 1. The standard InChI is InChI=1S/C18H20N2O3/c1-13-7-8-16(17(11-13)20(21)22)19-15-9-10-23-18(12-15)14-5-3-2-4-6-14/h2-8,11,15,18-19H,9-10,12H2,1H3. The second-order valence-electron chi connectivity index (χ2n) is 5.91. The molecule has 3 rings (SSSR count). The van der Waals surface area contributed by atoms with Crippen LogP contribution in [-0.4, -0.2) is 17.6 Å². The normalized spacial score (nSPS) is 20.9. The van der Waals surface area contributed by atoms with Crippen molar-refractivity contribution in [1.82, 2.24) is 0 Å². The SMILES string of the molecule is Cc1ccc(NC2CCOC(c3ccccc3)C2)c([N+](=O)[O-])c1. The molecule has 2 aromatic carbocycles. The molecule has 0 radical (unpaired) electrons. The number of hydrogen-bond donors (Lipinski definition) is 1. The van der Waals surface area contributed by atoms with Gasteiger partial charge in [-0.1, -0.05) is 36.4 Å². The summed E-state index contributed by atoms with van der Waals surface area (Å²) in [6, 6.07) is 15.6. The smallest absolute Gasteiger partial charge is 0.292 e. The summed E-state index contributed by atoms with van der Waals surface area (Å²) in [4.78, 5) is 10.9. The maximum Gasteiger partial charge on any atom is 0.292 e. The molecule has 2 unspecified atom stereocenters. The fraction of sp³-hybridized carbons (Fsp3) is 0.333. The summed E-state index contributed by atoms with van der Waals surface area (Å²) in [6.07, 6.45) is 1.68. The number of benzene rings is 2. The minimum absolute atomic E-state index is 0.0342. The van der Waals surface area contributed by atoms with Crippen molar-refractivity contribution < 1.29 is 9.66 Å². The Labute approximate surface area is 135 Å². The third-order valence-corrected chi connectivity index (χ3v) is 4.16. The Hall–Kier alpha value is -2.40. The van der Waals surface area contributed by atoms with Gasteiger partial charge in [0.05, 0.1) is 11.0 Å². The summed E-state index contributed by atoms with van der Waals surface area (Å²) in [5, 5.41) is 14.6. The van der Waals surface area contributed by atoms with Crippen molar-refractivity contribution in [3.63, 3.8) is 0 Å². The maximum atomic E-state index is 11.2. The van der Waals surface area contributed by atoms with E-state index in [-0.39, 0.29) is 22.8 Å². The Morgan fingerprint density at radius 3 is 2.74 bits per heavy atom. The first-order valence-corrected chi connectivity index (χ1v) is 7.81. The average molecular weight is 312 g/mol. The first-order chi connectivity index (χ1) is 11.1. The molecule has 0 aliphatic carbocycles. The minimum Gasteiger partial charge on any atom is -0.377 e. The van der Waals surface area contributed by atoms with Gasteiger partial charge in [0.15, 0.2) is 0 Å². The highest BCUT2D eigenvalue weighted by Gasteiger charge is 2.25. The number of ether oxygens (including phenoxy) is 1. The molecular formula is C18H20N2O3. The number of nitro groups is 1. The predicted octanol–water partition coefficient (Wildman–Crippen LogP) is 4.24. The zero-order chi connectivity index (χ0) is 16.2. The van der Waals surface area contributed by atoms with E-state index in [1.165, 1.54) is 0 Å². The van der Waals surface area contributed by atoms with Gasteiger partial charge < -0.3 is 10.1 Å². The van der Waals surface area contributed by atoms with Crippen LogP contribution in [0, 0.1) is 17.0 Å². The van der Waals surface area contributed by atoms with Crippen LogP contribution in [0.25, 0.3) is 0 Å². The van der Waals surface area contributed by atoms with Crippen LogP contribution in [0.5, 0.6) is 0 Å². The average Bonchev–Trinajstić information content (AvgIpc) is 2.57. The Bertz CT molecular complexity index is 688. The molecule has 0 amide bonds. The summed E-state index contributed by atoms with van der Waals surface area (Å²) in [5.41, 5.74) is 2.75. The van der Waals surface area contributed by atoms with Crippen LogP contribution in [0.2, 0.25) is 0 Å². The molecule has 1 N–H and O–H groups in total. The molecule has 0 saturated carbocycles. The topological polar surface area (TPSA) is 64.4 Å². The van der Waals surface area contributed by atoms with E-state index < -0.39 is 0 Å². The lowest BCUT2D eigenvalue weighted by Gasteiger charge is -2.31. The molecule has 1 heterocycles. The molecule has 1 aliphatic heterocycles. The molecule has 1 fully saturated rings. The van der Waals surface area contributed by atoms with Crippen molar-refractivity contribution in [2.75, 3.05) is 11.9 Å². The lowest BCUT2D eigenvalue weighted by molar-refractivity contribution is -0.384. The molecule has 1 saturated heterocycles. The molecular weight excluding hydrogens is 292 g/mol. The van der Waals surface area contributed by atoms with E-state index in [1.54, 1.807) is 12.1 Å². The quantitative estimate of drug-likeness (QED) is 0.677. The van der Waals surface area contributed by atoms with Crippen LogP contribution in [0.3, 0.4) is 0 Å². The number of nitro benzene ring substituents is 1. The molecule has 5 nitrogen and oxygen atoms in total. The molecule has 2 aromatic rings. The van der Waals surface area contributed by atoms with Crippen LogP contribution in [0.4, 0.5) is 11.4 Å². The zero-order valence-corrected chi connectivity index (χ0v) is 13.1. The molecule has 120 valence electrons. The van der Waals surface area contributed by atoms with Gasteiger partial charge in [-0.15, -0.1) is 0 Å². The highest BCUT2D eigenvalue weighted by atomic mass is 16.6. The highest BCUT2D eigenvalue weighted by molar-refractivity contribution is 5.63. The van der Waals surface area contributed by atoms with E-state index in [0.29, 0.717) is 12.3 Å². The van der Waals surface area contributed by atoms with Gasteiger partial charge in [-0.05, 0) is 37.0 Å². The van der Waals surface area contributed by atoms with E-state index in [2.05, 4.69) is 17.4 Å². The lowest BCUT2D eigenvalue weighted by Crippen LogP contribution is -2.30. The Balaban J connectivity index is 1.74. The van der Waals surface area contributed by atoms with Crippen LogP contribution >= 0.6 is 0 Å². The van der Waals surface area contributed by atoms with E-state index in [4.69, 9.17) is 4.74 Å². The highest BCUT2D eigenvalue weighted by Crippen LogP contribution is 2.32. The van der Waals surface area contributed by atoms with Gasteiger partial charge in [-0.25, -0.2) is 0 Å². The zero-order valence-electron chi connectivity index (χ0n) is 13.1. The summed E-state index contributed by atoms with van der Waals surface area (Å²) in [6.45, 7) is 2.51. The van der Waals surface area contributed by atoms with Crippen LogP contribution in [-0.2, 0) is 4.74 Å². The minimum atomic E-state index is -0.330. The predicted molar refractivity (Wildman–Crippen MR) is 89.6 cm³/mol. The number of hydrogen-bond acceptors (Lipinski definition) is 4. The first kappa shape index (κ1) is 15.5. The van der Waals surface area contributed by atoms with Gasteiger partial charge >= 0.3 is 0 Å². The van der Waals surface area contributed by atoms with Crippen LogP contribution in [0.1, 0.15) is 30.1 Å². The van der Waals surface area contributed by atoms with Crippen molar-refractivity contribution in [1.29, 1.82) is 0 Å². The molecule has 0 spiro atoms. The van der Waals surface area contributed by atoms with E-state index in [1.807, 2.05) is 31.2 Å². The Morgan fingerprint density at radius 1 is 1.22 bits per heavy atom. The van der Waals surface area contributed by atoms with Gasteiger partial charge in [0.1, 0.15) is 5.69 Å². The van der Waals surface area contributed by atoms with Crippen molar-refractivity contribution >= 4 is 11.4 Å². The van der Waals surface area contributed by atoms with Crippen LogP contribution < -0.4 is 5.32 Å². The number of nitrogens with one attached hydrogen (secondary N) is 1. The van der Waals surface area contributed by atoms with Gasteiger partial charge in [-0.2, -0.15) is 0 Å². The fourth-order valence-corrected chi connectivity index (χ4v) is 2.96. The first-order valence-electron chi connectivity index (χ1n) is 7.81. The second-order valence-corrected chi connectivity index (χ2v) is 5.91. The molecule has 2 atom stereocenters.